The normalized spacial score (nSPS) is 10.3. The molecule has 2 aromatic rings. The van der Waals surface area contributed by atoms with Crippen LogP contribution in [-0.2, 0) is 6.54 Å². The number of aromatic carboxylic acids is 1. The Bertz CT molecular complexity index is 575. The highest BCUT2D eigenvalue weighted by Crippen LogP contribution is 2.25. The smallest absolute Gasteiger partial charge is 0.339 e. The Morgan fingerprint density at radius 1 is 1.50 bits per heavy atom. The highest BCUT2D eigenvalue weighted by atomic mass is 16.5. The molecule has 5 heteroatoms. The Kier molecular flexibility index (Phi) is 3.32. The molecule has 0 radical (unpaired) electrons. The lowest BCUT2D eigenvalue weighted by Gasteiger charge is -2.09. The average molecular weight is 246 g/mol. The van der Waals surface area contributed by atoms with Crippen LogP contribution < -0.4 is 4.74 Å². The number of nitrogens with zero attached hydrogens (tertiary/aromatic N) is 2. The summed E-state index contributed by atoms with van der Waals surface area (Å²) < 4.78 is 7.38. The molecule has 0 spiro atoms. The van der Waals surface area contributed by atoms with Crippen molar-refractivity contribution >= 4 is 5.97 Å². The maximum absolute atomic E-state index is 11.1. The van der Waals surface area contributed by atoms with Crippen LogP contribution in [0.5, 0.6) is 11.8 Å². The summed E-state index contributed by atoms with van der Waals surface area (Å²) in [6.07, 6.45) is 3.40. The molecular formula is C13H14N2O3. The fourth-order valence-electron chi connectivity index (χ4n) is 1.63. The number of rotatable bonds is 4. The molecule has 18 heavy (non-hydrogen) atoms. The van der Waals surface area contributed by atoms with Gasteiger partial charge in [-0.15, -0.1) is 0 Å². The van der Waals surface area contributed by atoms with Crippen LogP contribution in [0.3, 0.4) is 0 Å². The molecular weight excluding hydrogens is 232 g/mol. The van der Waals surface area contributed by atoms with Gasteiger partial charge in [0.05, 0.1) is 0 Å². The van der Waals surface area contributed by atoms with Crippen LogP contribution in [-0.4, -0.2) is 20.6 Å². The van der Waals surface area contributed by atoms with Gasteiger partial charge >= 0.3 is 12.0 Å². The van der Waals surface area contributed by atoms with Gasteiger partial charge in [0.1, 0.15) is 11.3 Å². The standard InChI is InChI=1S/C13H14N2O3/c1-3-15-7-6-14-13(15)18-11-8-9(2)4-5-10(11)12(16)17/h4-8H,3H2,1-2H3,(H,16,17). The Balaban J connectivity index is 2.39. The van der Waals surface area contributed by atoms with Crippen molar-refractivity contribution in [2.75, 3.05) is 0 Å². The van der Waals surface area contributed by atoms with E-state index in [1.54, 1.807) is 29.1 Å². The first-order valence-electron chi connectivity index (χ1n) is 5.64. The molecule has 1 heterocycles. The summed E-state index contributed by atoms with van der Waals surface area (Å²) in [5.74, 6) is -0.706. The van der Waals surface area contributed by atoms with Crippen molar-refractivity contribution in [1.29, 1.82) is 0 Å². The maximum Gasteiger partial charge on any atom is 0.339 e. The van der Waals surface area contributed by atoms with Gasteiger partial charge in [0.15, 0.2) is 0 Å². The highest BCUT2D eigenvalue weighted by molar-refractivity contribution is 5.91. The van der Waals surface area contributed by atoms with E-state index in [0.29, 0.717) is 18.3 Å². The van der Waals surface area contributed by atoms with Gasteiger partial charge < -0.3 is 14.4 Å². The van der Waals surface area contributed by atoms with Crippen molar-refractivity contribution in [2.24, 2.45) is 0 Å². The monoisotopic (exact) mass is 246 g/mol. The van der Waals surface area contributed by atoms with Gasteiger partial charge in [0, 0.05) is 18.9 Å². The van der Waals surface area contributed by atoms with E-state index < -0.39 is 5.97 Å². The first-order chi connectivity index (χ1) is 8.61. The topological polar surface area (TPSA) is 64.4 Å². The molecule has 0 saturated carbocycles. The van der Waals surface area contributed by atoms with Crippen molar-refractivity contribution in [2.45, 2.75) is 20.4 Å². The predicted molar refractivity (Wildman–Crippen MR) is 66.1 cm³/mol. The molecule has 0 fully saturated rings. The van der Waals surface area contributed by atoms with Crippen LogP contribution in [0.15, 0.2) is 30.6 Å². The van der Waals surface area contributed by atoms with E-state index in [4.69, 9.17) is 9.84 Å². The van der Waals surface area contributed by atoms with Crippen LogP contribution in [0.4, 0.5) is 0 Å². The summed E-state index contributed by atoms with van der Waals surface area (Å²) in [6.45, 7) is 4.55. The number of aromatic nitrogens is 2. The lowest BCUT2D eigenvalue weighted by Crippen LogP contribution is -2.03. The van der Waals surface area contributed by atoms with Gasteiger partial charge in [-0.3, -0.25) is 0 Å². The number of ether oxygens (including phenoxy) is 1. The zero-order valence-electron chi connectivity index (χ0n) is 10.3. The largest absolute Gasteiger partial charge is 0.478 e. The summed E-state index contributed by atoms with van der Waals surface area (Å²) in [4.78, 5) is 15.2. The second-order valence-electron chi connectivity index (χ2n) is 3.90. The number of hydrogen-bond donors (Lipinski definition) is 1. The summed E-state index contributed by atoms with van der Waals surface area (Å²) in [5.41, 5.74) is 1.07. The van der Waals surface area contributed by atoms with Gasteiger partial charge in [-0.25, -0.2) is 9.78 Å². The lowest BCUT2D eigenvalue weighted by molar-refractivity contribution is 0.0694. The molecule has 0 aliphatic heterocycles. The molecule has 0 amide bonds. The summed E-state index contributed by atoms with van der Waals surface area (Å²) >= 11 is 0. The van der Waals surface area contributed by atoms with Gasteiger partial charge in [0.2, 0.25) is 0 Å². The molecule has 0 saturated heterocycles. The molecule has 0 bridgehead atoms. The Hall–Kier alpha value is -2.30. The second kappa shape index (κ2) is 4.91. The summed E-state index contributed by atoms with van der Waals surface area (Å²) in [7, 11) is 0. The van der Waals surface area contributed by atoms with E-state index in [-0.39, 0.29) is 5.56 Å². The fourth-order valence-corrected chi connectivity index (χ4v) is 1.63. The SMILES string of the molecule is CCn1ccnc1Oc1cc(C)ccc1C(=O)O. The summed E-state index contributed by atoms with van der Waals surface area (Å²) in [6, 6.07) is 5.36. The van der Waals surface area contributed by atoms with Crippen LogP contribution in [0, 0.1) is 6.92 Å². The van der Waals surface area contributed by atoms with E-state index in [1.165, 1.54) is 6.07 Å². The molecule has 5 nitrogen and oxygen atoms in total. The number of hydrogen-bond acceptors (Lipinski definition) is 3. The van der Waals surface area contributed by atoms with Crippen LogP contribution in [0.25, 0.3) is 0 Å². The first kappa shape index (κ1) is 12.2. The van der Waals surface area contributed by atoms with Crippen molar-refractivity contribution < 1.29 is 14.6 Å². The zero-order valence-corrected chi connectivity index (χ0v) is 10.3. The maximum atomic E-state index is 11.1. The predicted octanol–water partition coefficient (Wildman–Crippen LogP) is 2.70. The number of carbonyl (C=O) groups is 1. The molecule has 0 aliphatic carbocycles. The van der Waals surface area contributed by atoms with Crippen molar-refractivity contribution in [1.82, 2.24) is 9.55 Å². The van der Waals surface area contributed by atoms with Crippen LogP contribution in [0.1, 0.15) is 22.8 Å². The number of benzene rings is 1. The van der Waals surface area contributed by atoms with E-state index in [0.717, 1.165) is 5.56 Å². The van der Waals surface area contributed by atoms with Crippen molar-refractivity contribution in [3.8, 4) is 11.8 Å². The van der Waals surface area contributed by atoms with E-state index in [9.17, 15) is 4.79 Å². The third kappa shape index (κ3) is 2.34. The van der Waals surface area contributed by atoms with Crippen molar-refractivity contribution in [3.63, 3.8) is 0 Å². The van der Waals surface area contributed by atoms with Crippen molar-refractivity contribution in [3.05, 3.63) is 41.7 Å². The molecule has 2 rings (SSSR count). The third-order valence-electron chi connectivity index (χ3n) is 2.59. The van der Waals surface area contributed by atoms with Crippen LogP contribution >= 0.6 is 0 Å². The molecule has 1 aromatic heterocycles. The number of aryl methyl sites for hydroxylation is 2. The Morgan fingerprint density at radius 2 is 2.28 bits per heavy atom. The molecule has 94 valence electrons. The highest BCUT2D eigenvalue weighted by Gasteiger charge is 2.14. The minimum Gasteiger partial charge on any atom is -0.478 e. The minimum atomic E-state index is -1.01. The number of imidazole rings is 1. The molecule has 0 unspecified atom stereocenters. The molecule has 1 aromatic carbocycles. The van der Waals surface area contributed by atoms with Crippen LogP contribution in [0.2, 0.25) is 0 Å². The van der Waals surface area contributed by atoms with Gasteiger partial charge in [-0.05, 0) is 31.5 Å². The number of carboxylic acid groups (broad SMARTS) is 1. The molecule has 1 N–H and O–H groups in total. The van der Waals surface area contributed by atoms with E-state index in [2.05, 4.69) is 4.98 Å². The minimum absolute atomic E-state index is 0.131. The van der Waals surface area contributed by atoms with Gasteiger partial charge in [-0.2, -0.15) is 0 Å². The zero-order chi connectivity index (χ0) is 13.1. The second-order valence-corrected chi connectivity index (χ2v) is 3.90. The first-order valence-corrected chi connectivity index (χ1v) is 5.64. The third-order valence-corrected chi connectivity index (χ3v) is 2.59. The average Bonchev–Trinajstić information content (AvgIpc) is 2.76. The molecule has 0 aliphatic rings. The summed E-state index contributed by atoms with van der Waals surface area (Å²) in [5, 5.41) is 9.10. The quantitative estimate of drug-likeness (QED) is 0.900. The number of carboxylic acids is 1. The molecule has 0 atom stereocenters. The lowest BCUT2D eigenvalue weighted by atomic mass is 10.1. The fraction of sp³-hybridized carbons (Fsp3) is 0.231. The van der Waals surface area contributed by atoms with Gasteiger partial charge in [0.25, 0.3) is 0 Å². The van der Waals surface area contributed by atoms with Gasteiger partial charge in [-0.1, -0.05) is 6.07 Å². The Morgan fingerprint density at radius 3 is 2.94 bits per heavy atom. The van der Waals surface area contributed by atoms with E-state index in [1.807, 2.05) is 13.8 Å². The Labute approximate surface area is 105 Å². The van der Waals surface area contributed by atoms with E-state index >= 15 is 0 Å².